The molecule has 0 atom stereocenters. The van der Waals surface area contributed by atoms with Crippen LogP contribution in [0.4, 0.5) is 4.79 Å². The fourth-order valence-corrected chi connectivity index (χ4v) is 1.90. The number of hydrogen-bond donors (Lipinski definition) is 2. The molecular weight excluding hydrogens is 266 g/mol. The molecule has 0 spiro atoms. The number of hydrogen-bond acceptors (Lipinski definition) is 3. The molecule has 2 amide bonds. The summed E-state index contributed by atoms with van der Waals surface area (Å²) in [6.07, 6.45) is 0. The van der Waals surface area contributed by atoms with Crippen LogP contribution in [0, 0.1) is 0 Å². The van der Waals surface area contributed by atoms with Crippen LogP contribution in [0.2, 0.25) is 0 Å². The van der Waals surface area contributed by atoms with Crippen molar-refractivity contribution < 1.29 is 9.53 Å². The molecule has 0 radical (unpaired) electrons. The minimum atomic E-state index is -0.134. The van der Waals surface area contributed by atoms with E-state index in [2.05, 4.69) is 24.5 Å². The molecule has 0 aliphatic rings. The predicted molar refractivity (Wildman–Crippen MR) is 86.0 cm³/mol. The number of urea groups is 1. The van der Waals surface area contributed by atoms with E-state index in [1.165, 1.54) is 0 Å². The second-order valence-electron chi connectivity index (χ2n) is 6.03. The zero-order valence-corrected chi connectivity index (χ0v) is 13.7. The molecule has 1 aromatic rings. The lowest BCUT2D eigenvalue weighted by molar-refractivity contribution is 0.237. The van der Waals surface area contributed by atoms with Gasteiger partial charge in [-0.15, -0.1) is 0 Å². The summed E-state index contributed by atoms with van der Waals surface area (Å²) in [6, 6.07) is 7.82. The van der Waals surface area contributed by atoms with Crippen LogP contribution in [-0.4, -0.2) is 51.8 Å². The molecule has 0 aromatic heterocycles. The van der Waals surface area contributed by atoms with Gasteiger partial charge in [0.2, 0.25) is 0 Å². The molecule has 2 N–H and O–H groups in total. The zero-order valence-electron chi connectivity index (χ0n) is 13.7. The first-order valence-corrected chi connectivity index (χ1v) is 7.16. The fourth-order valence-electron chi connectivity index (χ4n) is 1.90. The van der Waals surface area contributed by atoms with Gasteiger partial charge in [0, 0.05) is 25.0 Å². The summed E-state index contributed by atoms with van der Waals surface area (Å²) >= 11 is 0. The zero-order chi connectivity index (χ0) is 15.9. The number of nitrogens with one attached hydrogen (secondary N) is 2. The molecule has 1 rings (SSSR count). The number of amides is 2. The van der Waals surface area contributed by atoms with Crippen molar-refractivity contribution in [3.05, 3.63) is 29.8 Å². The number of rotatable bonds is 7. The average molecular weight is 293 g/mol. The van der Waals surface area contributed by atoms with E-state index in [9.17, 15) is 4.79 Å². The minimum absolute atomic E-state index is 0.126. The van der Waals surface area contributed by atoms with Gasteiger partial charge in [-0.2, -0.15) is 0 Å². The minimum Gasteiger partial charge on any atom is -0.497 e. The Balaban J connectivity index is 2.46. The first-order valence-electron chi connectivity index (χ1n) is 7.16. The van der Waals surface area contributed by atoms with Crippen molar-refractivity contribution >= 4 is 6.03 Å². The van der Waals surface area contributed by atoms with Crippen molar-refractivity contribution in [2.75, 3.05) is 40.8 Å². The van der Waals surface area contributed by atoms with E-state index in [1.54, 1.807) is 7.11 Å². The smallest absolute Gasteiger partial charge is 0.314 e. The first kappa shape index (κ1) is 17.3. The normalized spacial score (nSPS) is 11.3. The fraction of sp³-hybridized carbons (Fsp3) is 0.562. The summed E-state index contributed by atoms with van der Waals surface area (Å²) in [5.74, 6) is 0.837. The monoisotopic (exact) mass is 293 g/mol. The third kappa shape index (κ3) is 6.04. The maximum absolute atomic E-state index is 11.7. The second kappa shape index (κ2) is 7.88. The SMILES string of the molecule is COc1ccc(C(C)(C)CNC(=O)NCCN(C)C)cc1. The van der Waals surface area contributed by atoms with Crippen molar-refractivity contribution in [2.24, 2.45) is 0 Å². The number of carbonyl (C=O) groups excluding carboxylic acids is 1. The Hall–Kier alpha value is -1.75. The van der Waals surface area contributed by atoms with Gasteiger partial charge in [0.15, 0.2) is 0 Å². The Kier molecular flexibility index (Phi) is 6.49. The Morgan fingerprint density at radius 3 is 2.33 bits per heavy atom. The summed E-state index contributed by atoms with van der Waals surface area (Å²) in [4.78, 5) is 13.8. The van der Waals surface area contributed by atoms with E-state index in [-0.39, 0.29) is 11.4 Å². The first-order chi connectivity index (χ1) is 9.85. The van der Waals surface area contributed by atoms with Crippen LogP contribution < -0.4 is 15.4 Å². The third-order valence-electron chi connectivity index (χ3n) is 3.41. The van der Waals surface area contributed by atoms with Crippen LogP contribution in [0.5, 0.6) is 5.75 Å². The van der Waals surface area contributed by atoms with Crippen LogP contribution in [0.1, 0.15) is 19.4 Å². The molecule has 118 valence electrons. The average Bonchev–Trinajstić information content (AvgIpc) is 2.45. The molecule has 0 heterocycles. The molecule has 0 fully saturated rings. The highest BCUT2D eigenvalue weighted by atomic mass is 16.5. The number of methoxy groups -OCH3 is 1. The van der Waals surface area contributed by atoms with E-state index >= 15 is 0 Å². The van der Waals surface area contributed by atoms with Crippen molar-refractivity contribution in [1.82, 2.24) is 15.5 Å². The second-order valence-corrected chi connectivity index (χ2v) is 6.03. The van der Waals surface area contributed by atoms with E-state index in [0.717, 1.165) is 17.9 Å². The van der Waals surface area contributed by atoms with Crippen LogP contribution >= 0.6 is 0 Å². The van der Waals surface area contributed by atoms with Gasteiger partial charge < -0.3 is 20.3 Å². The maximum atomic E-state index is 11.7. The molecule has 21 heavy (non-hydrogen) atoms. The number of nitrogens with zero attached hydrogens (tertiary/aromatic N) is 1. The molecule has 1 aromatic carbocycles. The third-order valence-corrected chi connectivity index (χ3v) is 3.41. The van der Waals surface area contributed by atoms with Gasteiger partial charge >= 0.3 is 6.03 Å². The molecule has 0 unspecified atom stereocenters. The van der Waals surface area contributed by atoms with Crippen LogP contribution in [0.25, 0.3) is 0 Å². The molecule has 0 saturated carbocycles. The van der Waals surface area contributed by atoms with E-state index in [1.807, 2.05) is 43.3 Å². The Morgan fingerprint density at radius 1 is 1.19 bits per heavy atom. The maximum Gasteiger partial charge on any atom is 0.314 e. The molecule has 0 bridgehead atoms. The van der Waals surface area contributed by atoms with E-state index < -0.39 is 0 Å². The van der Waals surface area contributed by atoms with Gasteiger partial charge in [-0.05, 0) is 31.8 Å². The summed E-state index contributed by atoms with van der Waals surface area (Å²) in [7, 11) is 5.61. The van der Waals surface area contributed by atoms with E-state index in [0.29, 0.717) is 13.1 Å². The van der Waals surface area contributed by atoms with Crippen LogP contribution in [0.15, 0.2) is 24.3 Å². The molecule has 0 aliphatic carbocycles. The highest BCUT2D eigenvalue weighted by Crippen LogP contribution is 2.24. The lowest BCUT2D eigenvalue weighted by Crippen LogP contribution is -2.43. The van der Waals surface area contributed by atoms with Crippen molar-refractivity contribution in [3.8, 4) is 5.75 Å². The standard InChI is InChI=1S/C16H27N3O2/c1-16(2,13-6-8-14(21-5)9-7-13)12-18-15(20)17-10-11-19(3)4/h6-9H,10-12H2,1-5H3,(H2,17,18,20). The van der Waals surface area contributed by atoms with Gasteiger partial charge in [0.25, 0.3) is 0 Å². The lowest BCUT2D eigenvalue weighted by atomic mass is 9.84. The van der Waals surface area contributed by atoms with Crippen molar-refractivity contribution in [1.29, 1.82) is 0 Å². The summed E-state index contributed by atoms with van der Waals surface area (Å²) in [5, 5.41) is 5.77. The van der Waals surface area contributed by atoms with Crippen LogP contribution in [0.3, 0.4) is 0 Å². The summed E-state index contributed by atoms with van der Waals surface area (Å²) in [6.45, 7) is 6.26. The lowest BCUT2D eigenvalue weighted by Gasteiger charge is -2.26. The van der Waals surface area contributed by atoms with E-state index in [4.69, 9.17) is 4.74 Å². The van der Waals surface area contributed by atoms with Gasteiger partial charge in [0.1, 0.15) is 5.75 Å². The Morgan fingerprint density at radius 2 is 1.81 bits per heavy atom. The Bertz CT molecular complexity index is 441. The summed E-state index contributed by atoms with van der Waals surface area (Å²) < 4.78 is 5.16. The molecule has 5 nitrogen and oxygen atoms in total. The van der Waals surface area contributed by atoms with Crippen molar-refractivity contribution in [3.63, 3.8) is 0 Å². The predicted octanol–water partition coefficient (Wildman–Crippen LogP) is 1.83. The highest BCUT2D eigenvalue weighted by Gasteiger charge is 2.21. The number of carbonyl (C=O) groups is 1. The number of likely N-dealkylation sites (N-methyl/N-ethyl adjacent to an activating group) is 1. The molecule has 0 saturated heterocycles. The van der Waals surface area contributed by atoms with Gasteiger partial charge in [-0.25, -0.2) is 4.79 Å². The number of benzene rings is 1. The quantitative estimate of drug-likeness (QED) is 0.806. The van der Waals surface area contributed by atoms with Gasteiger partial charge in [-0.3, -0.25) is 0 Å². The molecular formula is C16H27N3O2. The van der Waals surface area contributed by atoms with Crippen molar-refractivity contribution in [2.45, 2.75) is 19.3 Å². The van der Waals surface area contributed by atoms with Gasteiger partial charge in [0.05, 0.1) is 7.11 Å². The van der Waals surface area contributed by atoms with Crippen LogP contribution in [-0.2, 0) is 5.41 Å². The summed E-state index contributed by atoms with van der Waals surface area (Å²) in [5.41, 5.74) is 1.03. The topological polar surface area (TPSA) is 53.6 Å². The molecule has 0 aliphatic heterocycles. The highest BCUT2D eigenvalue weighted by molar-refractivity contribution is 5.73. The number of ether oxygens (including phenoxy) is 1. The molecule has 5 heteroatoms. The Labute approximate surface area is 127 Å². The van der Waals surface area contributed by atoms with Gasteiger partial charge in [-0.1, -0.05) is 26.0 Å². The largest absolute Gasteiger partial charge is 0.497 e.